The van der Waals surface area contributed by atoms with Gasteiger partial charge in [-0.05, 0) is 56.5 Å². The Morgan fingerprint density at radius 1 is 1.14 bits per heavy atom. The highest BCUT2D eigenvalue weighted by Gasteiger charge is 2.09. The van der Waals surface area contributed by atoms with Crippen LogP contribution in [0.2, 0.25) is 0 Å². The van der Waals surface area contributed by atoms with Crippen LogP contribution in [-0.4, -0.2) is 36.6 Å². The third kappa shape index (κ3) is 8.31. The lowest BCUT2D eigenvalue weighted by Crippen LogP contribution is -2.39. The van der Waals surface area contributed by atoms with Gasteiger partial charge in [0.2, 0.25) is 0 Å². The predicted octanol–water partition coefficient (Wildman–Crippen LogP) is 3.75. The second-order valence-electron chi connectivity index (χ2n) is 6.64. The first-order valence-corrected chi connectivity index (χ1v) is 9.69. The predicted molar refractivity (Wildman–Crippen MR) is 129 cm³/mol. The molecule has 0 aromatic heterocycles. The Balaban J connectivity index is 0.00000420. The van der Waals surface area contributed by atoms with Crippen molar-refractivity contribution >= 4 is 35.8 Å². The molecule has 1 amide bonds. The van der Waals surface area contributed by atoms with Crippen molar-refractivity contribution < 1.29 is 9.90 Å². The van der Waals surface area contributed by atoms with Gasteiger partial charge in [0.25, 0.3) is 5.91 Å². The molecular formula is C22H31IN4O2. The number of guanidine groups is 1. The Labute approximate surface area is 190 Å². The first-order valence-electron chi connectivity index (χ1n) is 9.69. The van der Waals surface area contributed by atoms with Crippen molar-refractivity contribution in [3.05, 3.63) is 65.2 Å². The van der Waals surface area contributed by atoms with Crippen molar-refractivity contribution in [1.29, 1.82) is 0 Å². The molecule has 0 fully saturated rings. The molecule has 0 radical (unpaired) electrons. The Morgan fingerprint density at radius 3 is 2.59 bits per heavy atom. The van der Waals surface area contributed by atoms with E-state index in [-0.39, 0.29) is 41.7 Å². The van der Waals surface area contributed by atoms with Crippen molar-refractivity contribution in [3.63, 3.8) is 0 Å². The van der Waals surface area contributed by atoms with Gasteiger partial charge in [-0.1, -0.05) is 30.3 Å². The van der Waals surface area contributed by atoms with Crippen molar-refractivity contribution in [1.82, 2.24) is 16.0 Å². The molecule has 0 saturated heterocycles. The summed E-state index contributed by atoms with van der Waals surface area (Å²) in [7, 11) is 0. The van der Waals surface area contributed by atoms with Crippen LogP contribution in [0.5, 0.6) is 5.75 Å². The molecule has 0 heterocycles. The van der Waals surface area contributed by atoms with E-state index in [2.05, 4.69) is 46.9 Å². The zero-order valence-corrected chi connectivity index (χ0v) is 19.6. The average molecular weight is 510 g/mol. The van der Waals surface area contributed by atoms with Crippen LogP contribution in [0.1, 0.15) is 47.8 Å². The van der Waals surface area contributed by atoms with Gasteiger partial charge in [-0.15, -0.1) is 24.0 Å². The average Bonchev–Trinajstić information content (AvgIpc) is 2.68. The first-order chi connectivity index (χ1) is 13.5. The number of carbonyl (C=O) groups excluding carboxylic acids is 1. The highest BCUT2D eigenvalue weighted by atomic mass is 127. The number of nitrogens with zero attached hydrogens (tertiary/aromatic N) is 1. The fourth-order valence-corrected chi connectivity index (χ4v) is 2.90. The first kappa shape index (κ1) is 24.7. The van der Waals surface area contributed by atoms with Crippen LogP contribution in [0.4, 0.5) is 0 Å². The number of halogens is 1. The maximum absolute atomic E-state index is 12.0. The van der Waals surface area contributed by atoms with E-state index in [0.717, 1.165) is 18.9 Å². The number of aromatic hydroxyl groups is 1. The van der Waals surface area contributed by atoms with Crippen LogP contribution >= 0.6 is 24.0 Å². The van der Waals surface area contributed by atoms with Gasteiger partial charge in [-0.2, -0.15) is 0 Å². The molecule has 7 heteroatoms. The number of benzene rings is 2. The molecule has 6 nitrogen and oxygen atoms in total. The number of rotatable bonds is 8. The van der Waals surface area contributed by atoms with Crippen LogP contribution in [0.3, 0.4) is 0 Å². The summed E-state index contributed by atoms with van der Waals surface area (Å²) in [6, 6.07) is 14.8. The number of aliphatic imine (C=N–C) groups is 1. The SMILES string of the molecule is CCNC(=NCCCNC(=O)c1cccc(O)c1)NC(C)c1ccccc1C.I. The Morgan fingerprint density at radius 2 is 1.90 bits per heavy atom. The molecular weight excluding hydrogens is 479 g/mol. The smallest absolute Gasteiger partial charge is 0.251 e. The summed E-state index contributed by atoms with van der Waals surface area (Å²) in [4.78, 5) is 16.6. The molecule has 1 unspecified atom stereocenters. The molecule has 2 aromatic carbocycles. The van der Waals surface area contributed by atoms with Gasteiger partial charge in [0.1, 0.15) is 5.75 Å². The van der Waals surface area contributed by atoms with Crippen molar-refractivity contribution in [2.75, 3.05) is 19.6 Å². The molecule has 1 atom stereocenters. The maximum atomic E-state index is 12.0. The van der Waals surface area contributed by atoms with Crippen molar-refractivity contribution in [3.8, 4) is 5.75 Å². The minimum absolute atomic E-state index is 0. The monoisotopic (exact) mass is 510 g/mol. The quantitative estimate of drug-likeness (QED) is 0.189. The number of nitrogens with one attached hydrogen (secondary N) is 3. The minimum Gasteiger partial charge on any atom is -0.508 e. The number of hydrogen-bond donors (Lipinski definition) is 4. The van der Waals surface area contributed by atoms with Gasteiger partial charge in [-0.25, -0.2) is 0 Å². The molecule has 158 valence electrons. The largest absolute Gasteiger partial charge is 0.508 e. The van der Waals surface area contributed by atoms with Crippen LogP contribution < -0.4 is 16.0 Å². The fraction of sp³-hybridized carbons (Fsp3) is 0.364. The molecule has 4 N–H and O–H groups in total. The highest BCUT2D eigenvalue weighted by Crippen LogP contribution is 2.16. The normalized spacial score (nSPS) is 11.9. The second-order valence-corrected chi connectivity index (χ2v) is 6.64. The number of phenolic OH excluding ortho intramolecular Hbond substituents is 1. The molecule has 2 rings (SSSR count). The van der Waals surface area contributed by atoms with Gasteiger partial charge in [0.15, 0.2) is 5.96 Å². The molecule has 2 aromatic rings. The second kappa shape index (κ2) is 13.0. The summed E-state index contributed by atoms with van der Waals surface area (Å²) in [5.41, 5.74) is 2.94. The molecule has 0 spiro atoms. The van der Waals surface area contributed by atoms with E-state index in [1.54, 1.807) is 18.2 Å². The van der Waals surface area contributed by atoms with Gasteiger partial charge in [0, 0.05) is 25.2 Å². The summed E-state index contributed by atoms with van der Waals surface area (Å²) < 4.78 is 0. The Bertz CT molecular complexity index is 811. The van der Waals surface area contributed by atoms with E-state index in [4.69, 9.17) is 0 Å². The highest BCUT2D eigenvalue weighted by molar-refractivity contribution is 14.0. The molecule has 0 aliphatic rings. The molecule has 0 aliphatic heterocycles. The lowest BCUT2D eigenvalue weighted by Gasteiger charge is -2.19. The molecule has 0 bridgehead atoms. The van der Waals surface area contributed by atoms with E-state index >= 15 is 0 Å². The fourth-order valence-electron chi connectivity index (χ4n) is 2.90. The third-order valence-electron chi connectivity index (χ3n) is 4.35. The van der Waals surface area contributed by atoms with Crippen LogP contribution in [0.25, 0.3) is 0 Å². The van der Waals surface area contributed by atoms with Gasteiger partial charge < -0.3 is 21.1 Å². The molecule has 29 heavy (non-hydrogen) atoms. The summed E-state index contributed by atoms with van der Waals surface area (Å²) >= 11 is 0. The zero-order valence-electron chi connectivity index (χ0n) is 17.2. The topological polar surface area (TPSA) is 85.8 Å². The van der Waals surface area contributed by atoms with Gasteiger partial charge in [-0.3, -0.25) is 9.79 Å². The summed E-state index contributed by atoms with van der Waals surface area (Å²) in [5, 5.41) is 19.0. The Kier molecular flexibility index (Phi) is 11.1. The molecule has 0 saturated carbocycles. The van der Waals surface area contributed by atoms with Crippen LogP contribution in [-0.2, 0) is 0 Å². The van der Waals surface area contributed by atoms with E-state index in [0.29, 0.717) is 18.7 Å². The number of aryl methyl sites for hydroxylation is 1. The van der Waals surface area contributed by atoms with E-state index in [1.165, 1.54) is 17.2 Å². The van der Waals surface area contributed by atoms with E-state index in [9.17, 15) is 9.90 Å². The van der Waals surface area contributed by atoms with Crippen LogP contribution in [0.15, 0.2) is 53.5 Å². The minimum atomic E-state index is -0.196. The number of hydrogen-bond acceptors (Lipinski definition) is 3. The molecule has 0 aliphatic carbocycles. The summed E-state index contributed by atoms with van der Waals surface area (Å²) in [6.07, 6.45) is 0.722. The van der Waals surface area contributed by atoms with Crippen molar-refractivity contribution in [2.45, 2.75) is 33.2 Å². The van der Waals surface area contributed by atoms with E-state index in [1.807, 2.05) is 19.1 Å². The maximum Gasteiger partial charge on any atom is 0.251 e. The lowest BCUT2D eigenvalue weighted by atomic mass is 10.0. The zero-order chi connectivity index (χ0) is 20.4. The third-order valence-corrected chi connectivity index (χ3v) is 4.35. The van der Waals surface area contributed by atoms with Crippen molar-refractivity contribution in [2.24, 2.45) is 4.99 Å². The van der Waals surface area contributed by atoms with Gasteiger partial charge >= 0.3 is 0 Å². The summed E-state index contributed by atoms with van der Waals surface area (Å²) in [5.74, 6) is 0.650. The number of phenols is 1. The lowest BCUT2D eigenvalue weighted by molar-refractivity contribution is 0.0953. The van der Waals surface area contributed by atoms with Gasteiger partial charge in [0.05, 0.1) is 6.04 Å². The summed E-state index contributed by atoms with van der Waals surface area (Å²) in [6.45, 7) is 8.14. The number of carbonyl (C=O) groups is 1. The Hall–Kier alpha value is -2.29. The number of amides is 1. The van der Waals surface area contributed by atoms with E-state index < -0.39 is 0 Å². The van der Waals surface area contributed by atoms with Crippen LogP contribution in [0, 0.1) is 6.92 Å². The standard InChI is InChI=1S/C22H30N4O2.HI/c1-4-23-22(26-17(3)20-12-6-5-9-16(20)2)25-14-8-13-24-21(28)18-10-7-11-19(27)15-18;/h5-7,9-12,15,17,27H,4,8,13-14H2,1-3H3,(H,24,28)(H2,23,25,26);1H.